The Balaban J connectivity index is 1.60. The van der Waals surface area contributed by atoms with Crippen LogP contribution in [0.2, 0.25) is 0 Å². The lowest BCUT2D eigenvalue weighted by atomic mass is 9.83. The minimum Gasteiger partial charge on any atom is -0.320 e. The van der Waals surface area contributed by atoms with E-state index in [-0.39, 0.29) is 30.6 Å². The summed E-state index contributed by atoms with van der Waals surface area (Å²) in [7, 11) is 0. The molecule has 0 unspecified atom stereocenters. The van der Waals surface area contributed by atoms with Crippen LogP contribution < -0.4 is 5.32 Å². The Kier molecular flexibility index (Phi) is 5.32. The molecule has 2 aromatic heterocycles. The molecule has 2 aliphatic carbocycles. The van der Waals surface area contributed by atoms with Gasteiger partial charge in [0.1, 0.15) is 5.82 Å². The second-order valence-electron chi connectivity index (χ2n) is 8.50. The molecule has 0 aromatic carbocycles. The van der Waals surface area contributed by atoms with Crippen LogP contribution in [0.4, 0.5) is 14.5 Å². The predicted molar refractivity (Wildman–Crippen MR) is 106 cm³/mol. The van der Waals surface area contributed by atoms with Gasteiger partial charge in [0.05, 0.1) is 16.9 Å². The lowest BCUT2D eigenvalue weighted by Crippen LogP contribution is -2.25. The molecule has 0 radical (unpaired) electrons. The first-order valence-corrected chi connectivity index (χ1v) is 10.3. The van der Waals surface area contributed by atoms with Gasteiger partial charge in [-0.2, -0.15) is 0 Å². The minimum absolute atomic E-state index is 0.0665. The zero-order valence-corrected chi connectivity index (χ0v) is 16.8. The van der Waals surface area contributed by atoms with Gasteiger partial charge >= 0.3 is 0 Å². The number of rotatable bonds is 5. The van der Waals surface area contributed by atoms with E-state index in [1.807, 2.05) is 19.9 Å². The number of carbonyl (C=O) groups excluding carboxylic acids is 1. The Labute approximate surface area is 169 Å². The lowest BCUT2D eigenvalue weighted by molar-refractivity contribution is -0.0384. The van der Waals surface area contributed by atoms with Crippen LogP contribution in [0, 0.1) is 0 Å². The van der Waals surface area contributed by atoms with Crippen LogP contribution >= 0.6 is 0 Å². The number of nitrogens with one attached hydrogen (secondary N) is 1. The highest BCUT2D eigenvalue weighted by Crippen LogP contribution is 2.48. The molecule has 7 heteroatoms. The maximum atomic E-state index is 13.6. The molecule has 2 aliphatic rings. The summed E-state index contributed by atoms with van der Waals surface area (Å²) >= 11 is 0. The van der Waals surface area contributed by atoms with E-state index >= 15 is 0 Å². The average Bonchev–Trinajstić information content (AvgIpc) is 3.53. The summed E-state index contributed by atoms with van der Waals surface area (Å²) < 4.78 is 27.3. The van der Waals surface area contributed by atoms with Gasteiger partial charge in [0, 0.05) is 43.3 Å². The largest absolute Gasteiger partial charge is 0.320 e. The highest BCUT2D eigenvalue weighted by molar-refractivity contribution is 6.04. The van der Waals surface area contributed by atoms with Crippen LogP contribution in [0.5, 0.6) is 0 Å². The van der Waals surface area contributed by atoms with Gasteiger partial charge in [0.25, 0.3) is 5.91 Å². The number of amides is 1. The first-order chi connectivity index (χ1) is 13.8. The maximum Gasteiger partial charge on any atom is 0.258 e. The van der Waals surface area contributed by atoms with Gasteiger partial charge < -0.3 is 5.32 Å². The summed E-state index contributed by atoms with van der Waals surface area (Å²) in [5, 5.41) is 3.01. The van der Waals surface area contributed by atoms with Crippen molar-refractivity contribution < 1.29 is 13.6 Å². The fraction of sp³-hybridized carbons (Fsp3) is 0.545. The fourth-order valence-electron chi connectivity index (χ4n) is 3.93. The van der Waals surface area contributed by atoms with E-state index in [0.29, 0.717) is 35.8 Å². The molecule has 154 valence electrons. The molecule has 0 bridgehead atoms. The molecular formula is C22H26F2N4O. The Morgan fingerprint density at radius 3 is 2.31 bits per heavy atom. The summed E-state index contributed by atoms with van der Waals surface area (Å²) in [4.78, 5) is 25.9. The van der Waals surface area contributed by atoms with Gasteiger partial charge in [0.2, 0.25) is 5.92 Å². The molecule has 2 heterocycles. The van der Waals surface area contributed by atoms with Crippen molar-refractivity contribution in [3.63, 3.8) is 0 Å². The van der Waals surface area contributed by atoms with Crippen molar-refractivity contribution in [2.45, 2.75) is 76.0 Å². The molecular weight excluding hydrogens is 374 g/mol. The van der Waals surface area contributed by atoms with Crippen LogP contribution in [-0.4, -0.2) is 26.8 Å². The van der Waals surface area contributed by atoms with Crippen LogP contribution in [-0.2, 0) is 0 Å². The van der Waals surface area contributed by atoms with Crippen molar-refractivity contribution in [3.05, 3.63) is 47.3 Å². The van der Waals surface area contributed by atoms with Crippen LogP contribution in [0.1, 0.15) is 97.6 Å². The zero-order valence-electron chi connectivity index (χ0n) is 16.8. The highest BCUT2D eigenvalue weighted by atomic mass is 19.3. The molecule has 29 heavy (non-hydrogen) atoms. The SMILES string of the molecule is CC(C)c1ncc(C(=O)Nc2c(C3CC3)ccnc2C2CCC(F)(F)CC2)cn1. The van der Waals surface area contributed by atoms with Gasteiger partial charge in [-0.15, -0.1) is 0 Å². The summed E-state index contributed by atoms with van der Waals surface area (Å²) in [5.41, 5.74) is 2.86. The third kappa shape index (κ3) is 4.43. The Morgan fingerprint density at radius 2 is 1.72 bits per heavy atom. The van der Waals surface area contributed by atoms with Crippen molar-refractivity contribution in [2.24, 2.45) is 0 Å². The number of carbonyl (C=O) groups is 1. The quantitative estimate of drug-likeness (QED) is 0.728. The number of alkyl halides is 2. The van der Waals surface area contributed by atoms with Gasteiger partial charge in [-0.3, -0.25) is 9.78 Å². The molecule has 4 rings (SSSR count). The van der Waals surface area contributed by atoms with Gasteiger partial charge in [-0.05, 0) is 43.2 Å². The van der Waals surface area contributed by atoms with Crippen LogP contribution in [0.3, 0.4) is 0 Å². The van der Waals surface area contributed by atoms with E-state index in [4.69, 9.17) is 0 Å². The first kappa shape index (κ1) is 19.9. The number of nitrogens with zero attached hydrogens (tertiary/aromatic N) is 3. The molecule has 2 aromatic rings. The first-order valence-electron chi connectivity index (χ1n) is 10.3. The number of pyridine rings is 1. The summed E-state index contributed by atoms with van der Waals surface area (Å²) in [6.07, 6.45) is 7.44. The number of halogens is 2. The molecule has 0 aliphatic heterocycles. The van der Waals surface area contributed by atoms with Crippen molar-refractivity contribution in [1.29, 1.82) is 0 Å². The van der Waals surface area contributed by atoms with Crippen LogP contribution in [0.15, 0.2) is 24.7 Å². The van der Waals surface area contributed by atoms with Crippen molar-refractivity contribution in [2.75, 3.05) is 5.32 Å². The summed E-state index contributed by atoms with van der Waals surface area (Å²) in [6.45, 7) is 3.99. The Morgan fingerprint density at radius 1 is 1.07 bits per heavy atom. The van der Waals surface area contributed by atoms with E-state index in [2.05, 4.69) is 20.3 Å². The monoisotopic (exact) mass is 400 g/mol. The number of anilines is 1. The average molecular weight is 400 g/mol. The predicted octanol–water partition coefficient (Wildman–Crippen LogP) is 5.42. The number of hydrogen-bond donors (Lipinski definition) is 1. The van der Waals surface area contributed by atoms with Gasteiger partial charge in [-0.1, -0.05) is 13.8 Å². The van der Waals surface area contributed by atoms with E-state index in [1.165, 1.54) is 12.4 Å². The van der Waals surface area contributed by atoms with Gasteiger partial charge in [-0.25, -0.2) is 18.7 Å². The summed E-state index contributed by atoms with van der Waals surface area (Å²) in [5.74, 6) is -1.69. The molecule has 2 fully saturated rings. The van der Waals surface area contributed by atoms with Crippen molar-refractivity contribution in [3.8, 4) is 0 Å². The number of aromatic nitrogens is 3. The Hall–Kier alpha value is -2.44. The molecule has 0 spiro atoms. The van der Waals surface area contributed by atoms with Gasteiger partial charge in [0.15, 0.2) is 0 Å². The molecule has 0 saturated heterocycles. The summed E-state index contributed by atoms with van der Waals surface area (Å²) in [6, 6.07) is 1.94. The third-order valence-electron chi connectivity index (χ3n) is 5.82. The smallest absolute Gasteiger partial charge is 0.258 e. The van der Waals surface area contributed by atoms with E-state index in [0.717, 1.165) is 24.1 Å². The molecule has 2 saturated carbocycles. The molecule has 0 atom stereocenters. The van der Waals surface area contributed by atoms with Crippen molar-refractivity contribution >= 4 is 11.6 Å². The normalized spacial score (nSPS) is 19.3. The van der Waals surface area contributed by atoms with E-state index in [9.17, 15) is 13.6 Å². The van der Waals surface area contributed by atoms with Crippen LogP contribution in [0.25, 0.3) is 0 Å². The van der Waals surface area contributed by atoms with Crippen molar-refractivity contribution in [1.82, 2.24) is 15.0 Å². The lowest BCUT2D eigenvalue weighted by Gasteiger charge is -2.29. The maximum absolute atomic E-state index is 13.6. The zero-order chi connectivity index (χ0) is 20.6. The fourth-order valence-corrected chi connectivity index (χ4v) is 3.93. The second-order valence-corrected chi connectivity index (χ2v) is 8.50. The minimum atomic E-state index is -2.59. The molecule has 1 N–H and O–H groups in total. The second kappa shape index (κ2) is 7.76. The van der Waals surface area contributed by atoms with E-state index in [1.54, 1.807) is 6.20 Å². The number of hydrogen-bond acceptors (Lipinski definition) is 4. The molecule has 1 amide bonds. The molecule has 5 nitrogen and oxygen atoms in total. The highest BCUT2D eigenvalue weighted by Gasteiger charge is 2.38. The topological polar surface area (TPSA) is 67.8 Å². The standard InChI is InChI=1S/C22H26F2N4O/c1-13(2)20-26-11-16(12-27-20)21(29)28-19-17(14-3-4-14)7-10-25-18(19)15-5-8-22(23,24)9-6-15/h7,10-15H,3-6,8-9H2,1-2H3,(H,28,29). The Bertz CT molecular complexity index is 884. The third-order valence-corrected chi connectivity index (χ3v) is 5.82. The van der Waals surface area contributed by atoms with E-state index < -0.39 is 5.92 Å².